The SMILES string of the molecule is Cc1nn(-c2ccccc2)c(C)c1-c1cc(C(=O)[O-])[nH]n1. The molecule has 6 heteroatoms. The lowest BCUT2D eigenvalue weighted by Crippen LogP contribution is -2.22. The number of nitrogens with one attached hydrogen (secondary N) is 1. The number of carboxylic acids is 1. The Labute approximate surface area is 121 Å². The van der Waals surface area contributed by atoms with Crippen LogP contribution in [0.25, 0.3) is 16.9 Å². The van der Waals surface area contributed by atoms with Crippen LogP contribution in [0.1, 0.15) is 21.9 Å². The molecule has 0 saturated heterocycles. The monoisotopic (exact) mass is 281 g/mol. The van der Waals surface area contributed by atoms with Crippen LogP contribution in [-0.4, -0.2) is 25.9 Å². The van der Waals surface area contributed by atoms with Crippen molar-refractivity contribution in [2.75, 3.05) is 0 Å². The summed E-state index contributed by atoms with van der Waals surface area (Å²) < 4.78 is 1.82. The van der Waals surface area contributed by atoms with Gasteiger partial charge in [0.15, 0.2) is 0 Å². The lowest BCUT2D eigenvalue weighted by atomic mass is 10.1. The molecule has 2 aromatic heterocycles. The van der Waals surface area contributed by atoms with Gasteiger partial charge in [-0.2, -0.15) is 10.2 Å². The van der Waals surface area contributed by atoms with Crippen molar-refractivity contribution in [1.29, 1.82) is 0 Å². The summed E-state index contributed by atoms with van der Waals surface area (Å²) in [6.45, 7) is 3.80. The third kappa shape index (κ3) is 2.20. The van der Waals surface area contributed by atoms with Crippen LogP contribution in [0.2, 0.25) is 0 Å². The third-order valence-corrected chi connectivity index (χ3v) is 3.35. The van der Waals surface area contributed by atoms with Crippen LogP contribution in [0.3, 0.4) is 0 Å². The highest BCUT2D eigenvalue weighted by Gasteiger charge is 2.17. The lowest BCUT2D eigenvalue weighted by Gasteiger charge is -2.04. The van der Waals surface area contributed by atoms with E-state index in [0.717, 1.165) is 22.6 Å². The number of rotatable bonds is 3. The minimum absolute atomic E-state index is 0.0451. The van der Waals surface area contributed by atoms with Crippen molar-refractivity contribution in [2.45, 2.75) is 13.8 Å². The summed E-state index contributed by atoms with van der Waals surface area (Å²) in [6.07, 6.45) is 0. The first-order valence-electron chi connectivity index (χ1n) is 6.46. The fourth-order valence-electron chi connectivity index (χ4n) is 2.39. The molecule has 2 heterocycles. The van der Waals surface area contributed by atoms with Gasteiger partial charge in [0, 0.05) is 5.56 Å². The number of hydrogen-bond acceptors (Lipinski definition) is 4. The highest BCUT2D eigenvalue weighted by molar-refractivity contribution is 5.85. The Hall–Kier alpha value is -2.89. The van der Waals surface area contributed by atoms with E-state index in [0.29, 0.717) is 5.69 Å². The molecule has 106 valence electrons. The van der Waals surface area contributed by atoms with Gasteiger partial charge in [-0.3, -0.25) is 5.10 Å². The number of carbonyl (C=O) groups excluding carboxylic acids is 1. The first-order valence-corrected chi connectivity index (χ1v) is 6.46. The van der Waals surface area contributed by atoms with Crippen LogP contribution in [0, 0.1) is 13.8 Å². The first kappa shape index (κ1) is 13.1. The Balaban J connectivity index is 2.12. The molecule has 6 nitrogen and oxygen atoms in total. The van der Waals surface area contributed by atoms with Gasteiger partial charge in [-0.1, -0.05) is 18.2 Å². The Morgan fingerprint density at radius 3 is 2.57 bits per heavy atom. The number of hydrogen-bond donors (Lipinski definition) is 1. The molecule has 0 aliphatic carbocycles. The normalized spacial score (nSPS) is 10.8. The van der Waals surface area contributed by atoms with Gasteiger partial charge in [0.2, 0.25) is 0 Å². The Kier molecular flexibility index (Phi) is 3.06. The lowest BCUT2D eigenvalue weighted by molar-refractivity contribution is -0.255. The minimum Gasteiger partial charge on any atom is -0.543 e. The van der Waals surface area contributed by atoms with Gasteiger partial charge >= 0.3 is 0 Å². The first-order chi connectivity index (χ1) is 10.1. The molecule has 0 bridgehead atoms. The summed E-state index contributed by atoms with van der Waals surface area (Å²) in [5, 5.41) is 21.8. The van der Waals surface area contributed by atoms with Crippen LogP contribution < -0.4 is 5.11 Å². The number of carbonyl (C=O) groups is 1. The molecule has 1 aromatic carbocycles. The predicted molar refractivity (Wildman–Crippen MR) is 75.0 cm³/mol. The van der Waals surface area contributed by atoms with Gasteiger partial charge in [0.25, 0.3) is 0 Å². The van der Waals surface area contributed by atoms with E-state index in [4.69, 9.17) is 0 Å². The Morgan fingerprint density at radius 2 is 1.95 bits per heavy atom. The second kappa shape index (κ2) is 4.90. The highest BCUT2D eigenvalue weighted by atomic mass is 16.4. The molecule has 0 aliphatic rings. The zero-order valence-electron chi connectivity index (χ0n) is 11.6. The fraction of sp³-hybridized carbons (Fsp3) is 0.133. The average Bonchev–Trinajstić information content (AvgIpc) is 3.05. The number of aryl methyl sites for hydroxylation is 1. The van der Waals surface area contributed by atoms with Crippen molar-refractivity contribution >= 4 is 5.97 Å². The maximum absolute atomic E-state index is 10.8. The molecule has 0 spiro atoms. The van der Waals surface area contributed by atoms with Crippen LogP contribution in [0.15, 0.2) is 36.4 Å². The van der Waals surface area contributed by atoms with Crippen molar-refractivity contribution in [2.24, 2.45) is 0 Å². The van der Waals surface area contributed by atoms with E-state index in [-0.39, 0.29) is 5.69 Å². The van der Waals surface area contributed by atoms with Crippen LogP contribution in [-0.2, 0) is 0 Å². The fourth-order valence-corrected chi connectivity index (χ4v) is 2.39. The van der Waals surface area contributed by atoms with E-state index in [9.17, 15) is 9.90 Å². The quantitative estimate of drug-likeness (QED) is 0.782. The summed E-state index contributed by atoms with van der Waals surface area (Å²) in [7, 11) is 0. The second-order valence-corrected chi connectivity index (χ2v) is 4.75. The van der Waals surface area contributed by atoms with Gasteiger partial charge in [-0.05, 0) is 32.0 Å². The second-order valence-electron chi connectivity index (χ2n) is 4.75. The molecular formula is C15H13N4O2-. The summed E-state index contributed by atoms with van der Waals surface area (Å²) in [5.41, 5.74) is 3.95. The zero-order chi connectivity index (χ0) is 15.0. The number of H-pyrrole nitrogens is 1. The number of aromatic amines is 1. The number of aromatic carboxylic acids is 1. The number of nitrogens with zero attached hydrogens (tertiary/aromatic N) is 3. The van der Waals surface area contributed by atoms with Crippen molar-refractivity contribution in [3.8, 4) is 16.9 Å². The maximum atomic E-state index is 10.8. The van der Waals surface area contributed by atoms with Crippen molar-refractivity contribution < 1.29 is 9.90 Å². The largest absolute Gasteiger partial charge is 0.543 e. The number of benzene rings is 1. The summed E-state index contributed by atoms with van der Waals surface area (Å²) in [6, 6.07) is 11.2. The molecule has 3 rings (SSSR count). The molecular weight excluding hydrogens is 268 g/mol. The molecule has 3 aromatic rings. The van der Waals surface area contributed by atoms with E-state index in [2.05, 4.69) is 15.3 Å². The maximum Gasteiger partial charge on any atom is 0.0964 e. The van der Waals surface area contributed by atoms with Gasteiger partial charge in [0.05, 0.1) is 34.4 Å². The zero-order valence-corrected chi connectivity index (χ0v) is 11.6. The number of carboxylic acid groups (broad SMARTS) is 1. The molecule has 0 unspecified atom stereocenters. The molecule has 0 atom stereocenters. The van der Waals surface area contributed by atoms with E-state index < -0.39 is 5.97 Å². The molecule has 0 aliphatic heterocycles. The van der Waals surface area contributed by atoms with Crippen LogP contribution in [0.4, 0.5) is 0 Å². The van der Waals surface area contributed by atoms with Gasteiger partial charge < -0.3 is 9.90 Å². The van der Waals surface area contributed by atoms with E-state index >= 15 is 0 Å². The van der Waals surface area contributed by atoms with Gasteiger partial charge in [-0.15, -0.1) is 0 Å². The van der Waals surface area contributed by atoms with Crippen molar-refractivity contribution in [3.05, 3.63) is 53.5 Å². The standard InChI is InChI=1S/C15H14N4O2/c1-9-14(12-8-13(15(20)21)17-16-12)10(2)19(18-9)11-6-4-3-5-7-11/h3-8H,1-2H3,(H,16,17)(H,20,21)/p-1. The Morgan fingerprint density at radius 1 is 1.24 bits per heavy atom. The van der Waals surface area contributed by atoms with Crippen molar-refractivity contribution in [3.63, 3.8) is 0 Å². The highest BCUT2D eigenvalue weighted by Crippen LogP contribution is 2.27. The van der Waals surface area contributed by atoms with Crippen LogP contribution in [0.5, 0.6) is 0 Å². The summed E-state index contributed by atoms with van der Waals surface area (Å²) >= 11 is 0. The third-order valence-electron chi connectivity index (χ3n) is 3.35. The summed E-state index contributed by atoms with van der Waals surface area (Å²) in [4.78, 5) is 10.8. The molecule has 0 amide bonds. The molecule has 21 heavy (non-hydrogen) atoms. The molecule has 0 saturated carbocycles. The topological polar surface area (TPSA) is 86.6 Å². The van der Waals surface area contributed by atoms with E-state index in [1.807, 2.05) is 48.9 Å². The summed E-state index contributed by atoms with van der Waals surface area (Å²) in [5.74, 6) is -1.28. The van der Waals surface area contributed by atoms with E-state index in [1.54, 1.807) is 0 Å². The van der Waals surface area contributed by atoms with Crippen LogP contribution >= 0.6 is 0 Å². The average molecular weight is 281 g/mol. The Bertz CT molecular complexity index is 802. The molecule has 1 N–H and O–H groups in total. The van der Waals surface area contributed by atoms with Gasteiger partial charge in [-0.25, -0.2) is 4.68 Å². The van der Waals surface area contributed by atoms with Crippen molar-refractivity contribution in [1.82, 2.24) is 20.0 Å². The number of para-hydroxylation sites is 1. The van der Waals surface area contributed by atoms with E-state index in [1.165, 1.54) is 6.07 Å². The van der Waals surface area contributed by atoms with Gasteiger partial charge in [0.1, 0.15) is 0 Å². The minimum atomic E-state index is -1.28. The smallest absolute Gasteiger partial charge is 0.0964 e. The molecule has 0 fully saturated rings. The predicted octanol–water partition coefficient (Wildman–Crippen LogP) is 1.24. The number of aromatic nitrogens is 4. The molecule has 0 radical (unpaired) electrons.